The first-order chi connectivity index (χ1) is 14.1. The van der Waals surface area contributed by atoms with Gasteiger partial charge in [-0.05, 0) is 74.8 Å². The summed E-state index contributed by atoms with van der Waals surface area (Å²) in [5.41, 5.74) is 2.49. The lowest BCUT2D eigenvalue weighted by Gasteiger charge is -2.55. The molecule has 4 aliphatic carbocycles. The molecule has 3 aromatic rings. The number of rotatable bonds is 4. The van der Waals surface area contributed by atoms with Crippen LogP contribution in [0.3, 0.4) is 0 Å². The molecule has 7 rings (SSSR count). The minimum absolute atomic E-state index is 0.0610. The van der Waals surface area contributed by atoms with Crippen LogP contribution in [0, 0.1) is 24.7 Å². The van der Waals surface area contributed by atoms with Crippen molar-refractivity contribution < 1.29 is 4.42 Å². The van der Waals surface area contributed by atoms with Crippen LogP contribution in [-0.2, 0) is 11.2 Å². The van der Waals surface area contributed by atoms with Crippen LogP contribution >= 0.6 is 11.8 Å². The lowest BCUT2D eigenvalue weighted by atomic mass is 9.49. The van der Waals surface area contributed by atoms with Crippen LogP contribution in [0.25, 0.3) is 5.65 Å². The van der Waals surface area contributed by atoms with Gasteiger partial charge in [-0.25, -0.2) is 4.98 Å². The molecule has 0 spiro atoms. The molecule has 3 aromatic heterocycles. The molecule has 0 N–H and O–H groups in total. The fourth-order valence-corrected chi connectivity index (χ4v) is 7.03. The summed E-state index contributed by atoms with van der Waals surface area (Å²) < 4.78 is 7.75. The van der Waals surface area contributed by atoms with Crippen molar-refractivity contribution in [2.45, 2.75) is 61.8 Å². The van der Waals surface area contributed by atoms with Crippen LogP contribution in [0.2, 0.25) is 0 Å². The van der Waals surface area contributed by atoms with Gasteiger partial charge in [-0.15, -0.1) is 10.2 Å². The van der Waals surface area contributed by atoms with Gasteiger partial charge in [-0.2, -0.15) is 0 Å². The second kappa shape index (κ2) is 6.42. The Morgan fingerprint density at radius 1 is 1.17 bits per heavy atom. The Morgan fingerprint density at radius 2 is 1.90 bits per heavy atom. The van der Waals surface area contributed by atoms with Crippen molar-refractivity contribution >= 4 is 17.4 Å². The molecule has 0 amide bonds. The van der Waals surface area contributed by atoms with E-state index in [2.05, 4.69) is 15.2 Å². The smallest absolute Gasteiger partial charge is 0.276 e. The minimum atomic E-state index is -0.0610. The summed E-state index contributed by atoms with van der Waals surface area (Å²) >= 11 is 1.47. The summed E-state index contributed by atoms with van der Waals surface area (Å²) in [6.07, 6.45) is 9.60. The number of hydrogen-bond acceptors (Lipinski definition) is 6. The predicted molar refractivity (Wildman–Crippen MR) is 110 cm³/mol. The Labute approximate surface area is 173 Å². The number of thioether (sulfide) groups is 1. The Hall–Kier alpha value is -2.15. The van der Waals surface area contributed by atoms with Crippen LogP contribution < -0.4 is 5.56 Å². The molecule has 4 saturated carbocycles. The minimum Gasteiger partial charge on any atom is -0.415 e. The molecule has 29 heavy (non-hydrogen) atoms. The number of aromatic nitrogens is 4. The topological polar surface area (TPSA) is 73.3 Å². The molecule has 0 unspecified atom stereocenters. The number of hydrogen-bond donors (Lipinski definition) is 0. The van der Waals surface area contributed by atoms with E-state index in [-0.39, 0.29) is 11.0 Å². The van der Waals surface area contributed by atoms with Crippen LogP contribution in [0.1, 0.15) is 55.7 Å². The van der Waals surface area contributed by atoms with Crippen molar-refractivity contribution in [1.29, 1.82) is 0 Å². The summed E-state index contributed by atoms with van der Waals surface area (Å²) in [5.74, 6) is 3.94. The van der Waals surface area contributed by atoms with Gasteiger partial charge in [-0.3, -0.25) is 9.20 Å². The molecule has 7 heteroatoms. The van der Waals surface area contributed by atoms with E-state index in [4.69, 9.17) is 4.42 Å². The number of pyridine rings is 1. The van der Waals surface area contributed by atoms with E-state index in [0.717, 1.165) is 34.9 Å². The first-order valence-corrected chi connectivity index (χ1v) is 11.5. The fraction of sp³-hybridized carbons (Fsp3) is 0.545. The Morgan fingerprint density at radius 3 is 2.62 bits per heavy atom. The first kappa shape index (κ1) is 17.7. The molecular weight excluding hydrogens is 384 g/mol. The summed E-state index contributed by atoms with van der Waals surface area (Å²) in [4.78, 5) is 17.1. The van der Waals surface area contributed by atoms with Crippen LogP contribution in [0.5, 0.6) is 0 Å². The van der Waals surface area contributed by atoms with Crippen molar-refractivity contribution in [2.75, 3.05) is 0 Å². The largest absolute Gasteiger partial charge is 0.415 e. The van der Waals surface area contributed by atoms with Crippen molar-refractivity contribution in [3.63, 3.8) is 0 Å². The molecule has 6 nitrogen and oxygen atoms in total. The Kier molecular flexibility index (Phi) is 3.92. The summed E-state index contributed by atoms with van der Waals surface area (Å²) in [5, 5.41) is 9.39. The molecular formula is C22H24N4O2S. The van der Waals surface area contributed by atoms with Gasteiger partial charge >= 0.3 is 0 Å². The maximum atomic E-state index is 12.4. The summed E-state index contributed by atoms with van der Waals surface area (Å²) in [6, 6.07) is 5.43. The molecule has 4 aliphatic rings. The van der Waals surface area contributed by atoms with Crippen LogP contribution in [0.15, 0.2) is 38.8 Å². The molecule has 0 atom stereocenters. The molecule has 0 saturated heterocycles. The van der Waals surface area contributed by atoms with Crippen LogP contribution in [-0.4, -0.2) is 19.6 Å². The van der Waals surface area contributed by atoms with E-state index in [1.807, 2.05) is 19.1 Å². The maximum Gasteiger partial charge on any atom is 0.276 e. The highest BCUT2D eigenvalue weighted by Crippen LogP contribution is 2.60. The third-order valence-corrected chi connectivity index (χ3v) is 8.03. The zero-order chi connectivity index (χ0) is 19.6. The van der Waals surface area contributed by atoms with Gasteiger partial charge in [0.1, 0.15) is 5.65 Å². The summed E-state index contributed by atoms with van der Waals surface area (Å²) in [7, 11) is 0. The number of fused-ring (bicyclic) bond motifs is 1. The number of aryl methyl sites for hydroxylation is 1. The Bertz CT molecular complexity index is 1120. The van der Waals surface area contributed by atoms with Crippen molar-refractivity contribution in [3.05, 3.63) is 51.9 Å². The Balaban J connectivity index is 1.23. The van der Waals surface area contributed by atoms with E-state index < -0.39 is 0 Å². The van der Waals surface area contributed by atoms with Crippen molar-refractivity contribution in [2.24, 2.45) is 17.8 Å². The zero-order valence-electron chi connectivity index (χ0n) is 16.5. The lowest BCUT2D eigenvalue weighted by Crippen LogP contribution is -2.48. The van der Waals surface area contributed by atoms with Gasteiger partial charge in [0.05, 0.1) is 5.69 Å². The van der Waals surface area contributed by atoms with Gasteiger partial charge in [0.25, 0.3) is 10.8 Å². The molecule has 4 fully saturated rings. The number of nitrogens with zero attached hydrogens (tertiary/aromatic N) is 4. The second-order valence-electron chi connectivity index (χ2n) is 9.33. The maximum absolute atomic E-state index is 12.4. The highest BCUT2D eigenvalue weighted by molar-refractivity contribution is 7.98. The van der Waals surface area contributed by atoms with Gasteiger partial charge in [0.15, 0.2) is 0 Å². The average Bonchev–Trinajstić information content (AvgIpc) is 3.16. The standard InChI is InChI=1S/C22H24N4O2S/c1-13-3-2-4-26-18(27)8-17(23-19(13)26)12-29-21-25-24-20(28-21)22-9-14-5-15(10-22)7-16(6-14)11-22/h2-4,8,14-16H,5-7,9-12H2,1H3. The SMILES string of the molecule is Cc1cccn2c(=O)cc(CSc3nnc(C45CC6CC(CC(C6)C4)C5)o3)nc12. The fourth-order valence-electron chi connectivity index (χ4n) is 6.37. The molecule has 0 aromatic carbocycles. The highest BCUT2D eigenvalue weighted by atomic mass is 32.2. The predicted octanol–water partition coefficient (Wildman–Crippen LogP) is 4.15. The molecule has 150 valence electrons. The molecule has 4 bridgehead atoms. The van der Waals surface area contributed by atoms with Crippen LogP contribution in [0.4, 0.5) is 0 Å². The lowest BCUT2D eigenvalue weighted by molar-refractivity contribution is -0.0191. The van der Waals surface area contributed by atoms with E-state index in [1.54, 1.807) is 16.7 Å². The first-order valence-electron chi connectivity index (χ1n) is 10.5. The molecule has 0 radical (unpaired) electrons. The van der Waals surface area contributed by atoms with E-state index in [9.17, 15) is 4.79 Å². The van der Waals surface area contributed by atoms with Crippen molar-refractivity contribution in [3.8, 4) is 0 Å². The highest BCUT2D eigenvalue weighted by Gasteiger charge is 2.54. The van der Waals surface area contributed by atoms with Gasteiger partial charge < -0.3 is 4.42 Å². The molecule has 0 aliphatic heterocycles. The second-order valence-corrected chi connectivity index (χ2v) is 10.3. The van der Waals surface area contributed by atoms with Gasteiger partial charge in [0.2, 0.25) is 5.89 Å². The molecule has 3 heterocycles. The third-order valence-electron chi connectivity index (χ3n) is 7.18. The van der Waals surface area contributed by atoms with Gasteiger partial charge in [-0.1, -0.05) is 17.8 Å². The van der Waals surface area contributed by atoms with E-state index in [1.165, 1.54) is 50.3 Å². The quantitative estimate of drug-likeness (QED) is 0.604. The zero-order valence-corrected chi connectivity index (χ0v) is 17.3. The van der Waals surface area contributed by atoms with E-state index >= 15 is 0 Å². The summed E-state index contributed by atoms with van der Waals surface area (Å²) in [6.45, 7) is 1.97. The monoisotopic (exact) mass is 408 g/mol. The van der Waals surface area contributed by atoms with E-state index in [0.29, 0.717) is 16.6 Å². The normalized spacial score (nSPS) is 30.3. The average molecular weight is 409 g/mol. The third kappa shape index (κ3) is 2.93. The van der Waals surface area contributed by atoms with Gasteiger partial charge in [0, 0.05) is 23.4 Å². The van der Waals surface area contributed by atoms with Crippen molar-refractivity contribution in [1.82, 2.24) is 19.6 Å².